The Morgan fingerprint density at radius 2 is 1.94 bits per heavy atom. The van der Waals surface area contributed by atoms with Crippen LogP contribution >= 0.6 is 0 Å². The van der Waals surface area contributed by atoms with Crippen molar-refractivity contribution in [2.24, 2.45) is 0 Å². The Morgan fingerprint density at radius 3 is 2.66 bits per heavy atom. The van der Waals surface area contributed by atoms with E-state index in [0.717, 1.165) is 5.56 Å². The monoisotopic (exact) mass is 480 g/mol. The van der Waals surface area contributed by atoms with Crippen LogP contribution in [-0.2, 0) is 29.2 Å². The van der Waals surface area contributed by atoms with Crippen LogP contribution in [0.25, 0.3) is 0 Å². The number of methoxy groups -OCH3 is 2. The van der Waals surface area contributed by atoms with Crippen LogP contribution in [0.5, 0.6) is 5.75 Å². The number of aromatic nitrogens is 2. The third-order valence-corrected chi connectivity index (χ3v) is 6.09. The van der Waals surface area contributed by atoms with E-state index in [1.807, 2.05) is 18.2 Å². The van der Waals surface area contributed by atoms with Gasteiger partial charge in [-0.2, -0.15) is 0 Å². The van der Waals surface area contributed by atoms with E-state index in [1.54, 1.807) is 26.2 Å². The van der Waals surface area contributed by atoms with Crippen molar-refractivity contribution in [2.45, 2.75) is 32.1 Å². The summed E-state index contributed by atoms with van der Waals surface area (Å²) < 4.78 is 25.5. The van der Waals surface area contributed by atoms with Crippen molar-refractivity contribution < 1.29 is 28.2 Å². The molecular weight excluding hydrogens is 455 g/mol. The average Bonchev–Trinajstić information content (AvgIpc) is 3.28. The Hall–Kier alpha value is -4.21. The molecule has 3 aromatic rings. The molecule has 1 aliphatic heterocycles. The van der Waals surface area contributed by atoms with E-state index in [-0.39, 0.29) is 31.0 Å². The van der Waals surface area contributed by atoms with Crippen LogP contribution in [0.15, 0.2) is 54.9 Å². The summed E-state index contributed by atoms with van der Waals surface area (Å²) >= 11 is 0. The number of nitrogens with zero attached hydrogens (tertiary/aromatic N) is 3. The summed E-state index contributed by atoms with van der Waals surface area (Å²) in [6, 6.07) is 13.1. The number of benzene rings is 2. The maximum Gasteiger partial charge on any atom is 0.359 e. The zero-order chi connectivity index (χ0) is 25.2. The molecule has 1 aromatic heterocycles. The van der Waals surface area contributed by atoms with Gasteiger partial charge in [0, 0.05) is 18.7 Å². The van der Waals surface area contributed by atoms with Crippen LogP contribution in [0.4, 0.5) is 4.39 Å². The van der Waals surface area contributed by atoms with E-state index < -0.39 is 29.1 Å². The van der Waals surface area contributed by atoms with E-state index in [9.17, 15) is 18.8 Å². The van der Waals surface area contributed by atoms with E-state index in [1.165, 1.54) is 41.1 Å². The largest absolute Gasteiger partial charge is 0.496 e. The minimum atomic E-state index is -1.37. The van der Waals surface area contributed by atoms with Gasteiger partial charge >= 0.3 is 5.97 Å². The van der Waals surface area contributed by atoms with E-state index >= 15 is 0 Å². The SMILES string of the molecule is COC(=O)c1ncn2c1C(=O)N(Cc1cccc(F)c1)[C@@](C)(C(=O)NCc1ccccc1OC)C2. The highest BCUT2D eigenvalue weighted by Gasteiger charge is 2.49. The predicted molar refractivity (Wildman–Crippen MR) is 123 cm³/mol. The number of imidazole rings is 1. The molecule has 4 rings (SSSR count). The number of halogens is 1. The molecule has 35 heavy (non-hydrogen) atoms. The topological polar surface area (TPSA) is 103 Å². The first-order valence-corrected chi connectivity index (χ1v) is 10.9. The predicted octanol–water partition coefficient (Wildman–Crippen LogP) is 2.55. The maximum atomic E-state index is 13.9. The fourth-order valence-electron chi connectivity index (χ4n) is 4.21. The van der Waals surface area contributed by atoms with Gasteiger partial charge in [0.1, 0.15) is 22.8 Å². The van der Waals surface area contributed by atoms with Gasteiger partial charge in [0.2, 0.25) is 5.91 Å². The summed E-state index contributed by atoms with van der Waals surface area (Å²) in [6.45, 7) is 1.78. The molecule has 0 saturated carbocycles. The van der Waals surface area contributed by atoms with Gasteiger partial charge in [-0.1, -0.05) is 30.3 Å². The highest BCUT2D eigenvalue weighted by molar-refractivity contribution is 6.06. The third-order valence-electron chi connectivity index (χ3n) is 6.09. The first-order valence-electron chi connectivity index (χ1n) is 10.9. The summed E-state index contributed by atoms with van der Waals surface area (Å²) in [5.41, 5.74) is -0.231. The Kier molecular flexibility index (Phi) is 6.54. The van der Waals surface area contributed by atoms with Crippen molar-refractivity contribution in [3.8, 4) is 5.75 Å². The Labute approximate surface area is 201 Å². The van der Waals surface area contributed by atoms with Crippen molar-refractivity contribution in [3.63, 3.8) is 0 Å². The molecule has 0 bridgehead atoms. The molecule has 1 N–H and O–H groups in total. The number of ether oxygens (including phenoxy) is 2. The van der Waals surface area contributed by atoms with Crippen LogP contribution in [0.1, 0.15) is 39.0 Å². The van der Waals surface area contributed by atoms with Gasteiger partial charge in [0.05, 0.1) is 27.1 Å². The van der Waals surface area contributed by atoms with Crippen LogP contribution in [0.2, 0.25) is 0 Å². The Bertz CT molecular complexity index is 1290. The summed E-state index contributed by atoms with van der Waals surface area (Å²) in [4.78, 5) is 44.8. The number of rotatable bonds is 7. The minimum Gasteiger partial charge on any atom is -0.496 e. The smallest absolute Gasteiger partial charge is 0.359 e. The molecule has 0 spiro atoms. The van der Waals surface area contributed by atoms with Crippen LogP contribution < -0.4 is 10.1 Å². The Morgan fingerprint density at radius 1 is 1.17 bits per heavy atom. The number of carbonyl (C=O) groups is 3. The summed E-state index contributed by atoms with van der Waals surface area (Å²) in [5.74, 6) is -1.62. The fraction of sp³-hybridized carbons (Fsp3) is 0.280. The molecule has 10 heteroatoms. The lowest BCUT2D eigenvalue weighted by Crippen LogP contribution is -2.63. The number of fused-ring (bicyclic) bond motifs is 1. The number of nitrogens with one attached hydrogen (secondary N) is 1. The third kappa shape index (κ3) is 4.46. The van der Waals surface area contributed by atoms with Crippen molar-refractivity contribution in [1.29, 1.82) is 0 Å². The van der Waals surface area contributed by atoms with Crippen molar-refractivity contribution in [1.82, 2.24) is 19.8 Å². The number of hydrogen-bond donors (Lipinski definition) is 1. The van der Waals surface area contributed by atoms with Gasteiger partial charge in [-0.15, -0.1) is 0 Å². The van der Waals surface area contributed by atoms with Gasteiger partial charge in [-0.3, -0.25) is 9.59 Å². The second kappa shape index (κ2) is 9.57. The quantitative estimate of drug-likeness (QED) is 0.522. The van der Waals surface area contributed by atoms with E-state index in [2.05, 4.69) is 10.3 Å². The van der Waals surface area contributed by atoms with Gasteiger partial charge in [0.15, 0.2) is 5.69 Å². The van der Waals surface area contributed by atoms with E-state index in [0.29, 0.717) is 11.3 Å². The van der Waals surface area contributed by atoms with Crippen LogP contribution in [0.3, 0.4) is 0 Å². The second-order valence-corrected chi connectivity index (χ2v) is 8.35. The average molecular weight is 480 g/mol. The van der Waals surface area contributed by atoms with Gasteiger partial charge in [0.25, 0.3) is 5.91 Å². The standard InChI is InChI=1S/C25H25FN4O5/c1-25(24(33)27-12-17-8-4-5-10-19(17)34-2)14-29-15-28-20(23(32)35-3)21(29)22(31)30(25)13-16-7-6-9-18(26)11-16/h4-11,15H,12-14H2,1-3H3,(H,27,33)/t25-/m1/s1. The molecule has 2 amide bonds. The number of amides is 2. The first kappa shape index (κ1) is 23.9. The maximum absolute atomic E-state index is 13.9. The molecule has 1 aliphatic rings. The second-order valence-electron chi connectivity index (χ2n) is 8.35. The lowest BCUT2D eigenvalue weighted by atomic mass is 9.93. The molecule has 2 heterocycles. The molecule has 0 unspecified atom stereocenters. The fourth-order valence-corrected chi connectivity index (χ4v) is 4.21. The molecule has 1 atom stereocenters. The van der Waals surface area contributed by atoms with E-state index in [4.69, 9.17) is 9.47 Å². The van der Waals surface area contributed by atoms with Crippen molar-refractivity contribution in [2.75, 3.05) is 14.2 Å². The normalized spacial score (nSPS) is 17.0. The van der Waals surface area contributed by atoms with Gasteiger partial charge in [-0.25, -0.2) is 14.2 Å². The molecular formula is C25H25FN4O5. The Balaban J connectivity index is 1.70. The van der Waals surface area contributed by atoms with Crippen molar-refractivity contribution >= 4 is 17.8 Å². The zero-order valence-corrected chi connectivity index (χ0v) is 19.6. The zero-order valence-electron chi connectivity index (χ0n) is 19.6. The molecule has 0 radical (unpaired) electrons. The van der Waals surface area contributed by atoms with Gasteiger partial charge in [-0.05, 0) is 30.7 Å². The van der Waals surface area contributed by atoms with Crippen LogP contribution in [-0.4, -0.2) is 52.0 Å². The molecule has 0 fully saturated rings. The summed E-state index contributed by atoms with van der Waals surface area (Å²) in [6.07, 6.45) is 1.34. The number of esters is 1. The highest BCUT2D eigenvalue weighted by Crippen LogP contribution is 2.31. The van der Waals surface area contributed by atoms with Crippen molar-refractivity contribution in [3.05, 3.63) is 83.2 Å². The summed E-state index contributed by atoms with van der Waals surface area (Å²) in [7, 11) is 2.74. The highest BCUT2D eigenvalue weighted by atomic mass is 19.1. The molecule has 0 saturated heterocycles. The molecule has 0 aliphatic carbocycles. The van der Waals surface area contributed by atoms with Crippen LogP contribution in [0, 0.1) is 5.82 Å². The number of para-hydroxylation sites is 1. The minimum absolute atomic E-state index is 0.0169. The number of hydrogen-bond acceptors (Lipinski definition) is 6. The molecule has 9 nitrogen and oxygen atoms in total. The lowest BCUT2D eigenvalue weighted by Gasteiger charge is -2.43. The lowest BCUT2D eigenvalue weighted by molar-refractivity contribution is -0.133. The first-order chi connectivity index (χ1) is 16.8. The number of carbonyl (C=O) groups excluding carboxylic acids is 3. The summed E-state index contributed by atoms with van der Waals surface area (Å²) in [5, 5.41) is 2.89. The molecule has 182 valence electrons. The van der Waals surface area contributed by atoms with Gasteiger partial charge < -0.3 is 24.3 Å². The molecule has 2 aromatic carbocycles.